The Kier molecular flexibility index (Phi) is 6.32. The molecular weight excluding hydrogens is 388 g/mol. The summed E-state index contributed by atoms with van der Waals surface area (Å²) in [6, 6.07) is 0. The first-order valence-corrected chi connectivity index (χ1v) is 11.4. The summed E-state index contributed by atoms with van der Waals surface area (Å²) in [6.45, 7) is 12.2. The molecule has 2 saturated heterocycles. The summed E-state index contributed by atoms with van der Waals surface area (Å²) in [7, 11) is 0. The van der Waals surface area contributed by atoms with Crippen molar-refractivity contribution in [1.82, 2.24) is 14.9 Å². The number of aryl methyl sites for hydroxylation is 2. The van der Waals surface area contributed by atoms with Crippen molar-refractivity contribution in [3.63, 3.8) is 0 Å². The van der Waals surface area contributed by atoms with Crippen molar-refractivity contribution in [1.29, 1.82) is 0 Å². The third kappa shape index (κ3) is 4.39. The van der Waals surface area contributed by atoms with E-state index in [0.717, 1.165) is 74.1 Å². The quantitative estimate of drug-likeness (QED) is 0.692. The van der Waals surface area contributed by atoms with Gasteiger partial charge in [0.05, 0.1) is 37.7 Å². The first kappa shape index (κ1) is 20.5. The number of hydrogen-bond acceptors (Lipinski definition) is 8. The zero-order valence-electron chi connectivity index (χ0n) is 17.6. The molecule has 0 aliphatic carbocycles. The van der Waals surface area contributed by atoms with Crippen molar-refractivity contribution in [3.05, 3.63) is 16.3 Å². The van der Waals surface area contributed by atoms with Crippen LogP contribution in [0.15, 0.2) is 0 Å². The van der Waals surface area contributed by atoms with E-state index in [-0.39, 0.29) is 11.9 Å². The van der Waals surface area contributed by atoms with Crippen molar-refractivity contribution >= 4 is 33.3 Å². The molecule has 0 aromatic carbocycles. The maximum Gasteiger partial charge on any atom is 0.310 e. The van der Waals surface area contributed by atoms with Gasteiger partial charge in [0.1, 0.15) is 16.5 Å². The van der Waals surface area contributed by atoms with Crippen LogP contribution in [-0.2, 0) is 20.8 Å². The van der Waals surface area contributed by atoms with Crippen LogP contribution in [0.2, 0.25) is 0 Å². The van der Waals surface area contributed by atoms with Gasteiger partial charge in [0, 0.05) is 31.1 Å². The summed E-state index contributed by atoms with van der Waals surface area (Å²) in [5.41, 5.74) is 1.25. The van der Waals surface area contributed by atoms with Gasteiger partial charge in [0.2, 0.25) is 0 Å². The number of carbonyl (C=O) groups is 1. The van der Waals surface area contributed by atoms with Crippen molar-refractivity contribution in [2.45, 2.75) is 40.2 Å². The summed E-state index contributed by atoms with van der Waals surface area (Å²) in [6.07, 6.45) is 1.85. The lowest BCUT2D eigenvalue weighted by Gasteiger charge is -2.33. The van der Waals surface area contributed by atoms with E-state index in [4.69, 9.17) is 19.4 Å². The van der Waals surface area contributed by atoms with E-state index >= 15 is 0 Å². The Morgan fingerprint density at radius 3 is 2.79 bits per heavy atom. The molecule has 4 rings (SSSR count). The first-order chi connectivity index (χ1) is 14.1. The summed E-state index contributed by atoms with van der Waals surface area (Å²) < 4.78 is 10.8. The number of fused-ring (bicyclic) bond motifs is 1. The third-order valence-electron chi connectivity index (χ3n) is 5.87. The minimum Gasteiger partial charge on any atom is -0.466 e. The number of anilines is 1. The molecule has 2 aromatic heterocycles. The van der Waals surface area contributed by atoms with Crippen LogP contribution in [0.5, 0.6) is 0 Å². The number of thiophene rings is 1. The number of ether oxygens (including phenoxy) is 2. The van der Waals surface area contributed by atoms with Crippen LogP contribution in [0, 0.1) is 19.8 Å². The lowest BCUT2D eigenvalue weighted by molar-refractivity contribution is -0.148. The molecule has 158 valence electrons. The Hall–Kier alpha value is -1.77. The van der Waals surface area contributed by atoms with Gasteiger partial charge in [-0.05, 0) is 39.2 Å². The van der Waals surface area contributed by atoms with Crippen molar-refractivity contribution in [2.24, 2.45) is 5.92 Å². The van der Waals surface area contributed by atoms with Gasteiger partial charge in [-0.25, -0.2) is 9.97 Å². The molecule has 1 unspecified atom stereocenters. The first-order valence-electron chi connectivity index (χ1n) is 10.5. The Balaban J connectivity index is 1.66. The lowest BCUT2D eigenvalue weighted by atomic mass is 9.98. The van der Waals surface area contributed by atoms with Crippen LogP contribution < -0.4 is 4.90 Å². The molecule has 29 heavy (non-hydrogen) atoms. The predicted molar refractivity (Wildman–Crippen MR) is 115 cm³/mol. The number of morpholine rings is 1. The normalized spacial score (nSPS) is 20.9. The molecule has 0 N–H and O–H groups in total. The minimum absolute atomic E-state index is 0.0866. The number of carbonyl (C=O) groups excluding carboxylic acids is 1. The van der Waals surface area contributed by atoms with Gasteiger partial charge in [-0.2, -0.15) is 0 Å². The minimum atomic E-state index is -0.0886. The van der Waals surface area contributed by atoms with Gasteiger partial charge in [0.25, 0.3) is 0 Å². The number of esters is 1. The summed E-state index contributed by atoms with van der Waals surface area (Å²) >= 11 is 1.74. The van der Waals surface area contributed by atoms with E-state index < -0.39 is 0 Å². The van der Waals surface area contributed by atoms with Crippen molar-refractivity contribution < 1.29 is 14.3 Å². The molecule has 8 heteroatoms. The SMILES string of the molecule is CCOC(=O)C1CCCN(c2nc(CN3CCOCC3)nc3sc(C)c(C)c23)C1. The molecule has 2 fully saturated rings. The molecule has 0 bridgehead atoms. The number of rotatable bonds is 5. The third-order valence-corrected chi connectivity index (χ3v) is 6.97. The zero-order chi connectivity index (χ0) is 20.4. The lowest BCUT2D eigenvalue weighted by Crippen LogP contribution is -2.40. The Morgan fingerprint density at radius 2 is 2.03 bits per heavy atom. The topological polar surface area (TPSA) is 67.8 Å². The molecule has 0 saturated carbocycles. The maximum atomic E-state index is 12.3. The second-order valence-electron chi connectivity index (χ2n) is 7.85. The molecule has 2 aromatic rings. The molecule has 1 atom stereocenters. The van der Waals surface area contributed by atoms with Gasteiger partial charge in [-0.1, -0.05) is 0 Å². The van der Waals surface area contributed by atoms with Crippen LogP contribution in [0.1, 0.15) is 36.0 Å². The molecule has 2 aliphatic heterocycles. The fourth-order valence-corrected chi connectivity index (χ4v) is 5.19. The monoisotopic (exact) mass is 418 g/mol. The van der Waals surface area contributed by atoms with E-state index in [2.05, 4.69) is 23.6 Å². The van der Waals surface area contributed by atoms with E-state index in [1.807, 2.05) is 6.92 Å². The molecule has 0 spiro atoms. The van der Waals surface area contributed by atoms with Gasteiger partial charge in [-0.3, -0.25) is 9.69 Å². The van der Waals surface area contributed by atoms with Gasteiger partial charge < -0.3 is 14.4 Å². The Bertz CT molecular complexity index is 878. The largest absolute Gasteiger partial charge is 0.466 e. The fourth-order valence-electron chi connectivity index (χ4n) is 4.15. The standard InChI is InChI=1S/C21H30N4O3S/c1-4-28-21(26)16-6-5-7-25(12-16)19-18-14(2)15(3)29-20(18)23-17(22-19)13-24-8-10-27-11-9-24/h16H,4-13H2,1-3H3. The van der Waals surface area contributed by atoms with E-state index in [1.54, 1.807) is 11.3 Å². The van der Waals surface area contributed by atoms with Crippen LogP contribution in [-0.4, -0.2) is 66.8 Å². The van der Waals surface area contributed by atoms with E-state index in [0.29, 0.717) is 13.2 Å². The van der Waals surface area contributed by atoms with Crippen LogP contribution in [0.4, 0.5) is 5.82 Å². The second-order valence-corrected chi connectivity index (χ2v) is 9.06. The Morgan fingerprint density at radius 1 is 1.24 bits per heavy atom. The fraction of sp³-hybridized carbons (Fsp3) is 0.667. The second kappa shape index (κ2) is 8.93. The average Bonchev–Trinajstić information content (AvgIpc) is 3.02. The van der Waals surface area contributed by atoms with Crippen molar-refractivity contribution in [3.8, 4) is 0 Å². The van der Waals surface area contributed by atoms with E-state index in [1.165, 1.54) is 10.4 Å². The zero-order valence-corrected chi connectivity index (χ0v) is 18.4. The summed E-state index contributed by atoms with van der Waals surface area (Å²) in [5.74, 6) is 1.66. The molecular formula is C21H30N4O3S. The Labute approximate surface area is 176 Å². The average molecular weight is 419 g/mol. The molecule has 0 radical (unpaired) electrons. The van der Waals surface area contributed by atoms with Crippen LogP contribution >= 0.6 is 11.3 Å². The molecule has 7 nitrogen and oxygen atoms in total. The maximum absolute atomic E-state index is 12.3. The van der Waals surface area contributed by atoms with Gasteiger partial charge >= 0.3 is 5.97 Å². The van der Waals surface area contributed by atoms with Crippen LogP contribution in [0.25, 0.3) is 10.2 Å². The highest BCUT2D eigenvalue weighted by atomic mass is 32.1. The van der Waals surface area contributed by atoms with Crippen molar-refractivity contribution in [2.75, 3.05) is 50.9 Å². The number of piperidine rings is 1. The molecule has 4 heterocycles. The smallest absolute Gasteiger partial charge is 0.310 e. The molecule has 2 aliphatic rings. The van der Waals surface area contributed by atoms with Gasteiger partial charge in [0.15, 0.2) is 0 Å². The number of hydrogen-bond donors (Lipinski definition) is 0. The summed E-state index contributed by atoms with van der Waals surface area (Å²) in [4.78, 5) is 29.2. The van der Waals surface area contributed by atoms with Gasteiger partial charge in [-0.15, -0.1) is 11.3 Å². The van der Waals surface area contributed by atoms with E-state index in [9.17, 15) is 4.79 Å². The number of nitrogens with zero attached hydrogens (tertiary/aromatic N) is 4. The van der Waals surface area contributed by atoms with Crippen LogP contribution in [0.3, 0.4) is 0 Å². The highest BCUT2D eigenvalue weighted by Gasteiger charge is 2.30. The highest BCUT2D eigenvalue weighted by molar-refractivity contribution is 7.18. The highest BCUT2D eigenvalue weighted by Crippen LogP contribution is 2.36. The molecule has 0 amide bonds. The number of aromatic nitrogens is 2. The predicted octanol–water partition coefficient (Wildman–Crippen LogP) is 2.92. The summed E-state index contributed by atoms with van der Waals surface area (Å²) in [5, 5.41) is 1.14.